The zero-order valence-electron chi connectivity index (χ0n) is 11.5. The van der Waals surface area contributed by atoms with Crippen LogP contribution in [0.5, 0.6) is 0 Å². The SMILES string of the molecule is CC(C)CN(C)S(=O)(=O)c1ccc(NN)cc1[N+](=O)[O-]. The molecule has 8 nitrogen and oxygen atoms in total. The number of nitro groups is 1. The molecule has 0 unspecified atom stereocenters. The van der Waals surface area contributed by atoms with E-state index >= 15 is 0 Å². The van der Waals surface area contributed by atoms with Gasteiger partial charge in [0, 0.05) is 19.7 Å². The first kappa shape index (κ1) is 16.3. The largest absolute Gasteiger partial charge is 0.324 e. The fraction of sp³-hybridized carbons (Fsp3) is 0.455. The minimum absolute atomic E-state index is 0.110. The molecule has 1 aromatic rings. The van der Waals surface area contributed by atoms with Crippen molar-refractivity contribution >= 4 is 21.4 Å². The van der Waals surface area contributed by atoms with E-state index < -0.39 is 20.6 Å². The summed E-state index contributed by atoms with van der Waals surface area (Å²) < 4.78 is 25.8. The average molecular weight is 302 g/mol. The van der Waals surface area contributed by atoms with Crippen molar-refractivity contribution in [3.63, 3.8) is 0 Å². The van der Waals surface area contributed by atoms with Crippen LogP contribution in [0.4, 0.5) is 11.4 Å². The van der Waals surface area contributed by atoms with Gasteiger partial charge in [-0.2, -0.15) is 0 Å². The van der Waals surface area contributed by atoms with Crippen LogP contribution in [-0.4, -0.2) is 31.2 Å². The molecule has 0 spiro atoms. The normalized spacial score (nSPS) is 11.9. The maximum Gasteiger partial charge on any atom is 0.291 e. The fourth-order valence-electron chi connectivity index (χ4n) is 1.75. The lowest BCUT2D eigenvalue weighted by Crippen LogP contribution is -2.30. The van der Waals surface area contributed by atoms with Crippen molar-refractivity contribution in [3.8, 4) is 0 Å². The molecule has 0 saturated carbocycles. The molecule has 0 aromatic heterocycles. The van der Waals surface area contributed by atoms with Gasteiger partial charge >= 0.3 is 0 Å². The van der Waals surface area contributed by atoms with E-state index in [2.05, 4.69) is 5.43 Å². The number of hydrazine groups is 1. The minimum Gasteiger partial charge on any atom is -0.324 e. The second kappa shape index (κ2) is 6.16. The summed E-state index contributed by atoms with van der Waals surface area (Å²) >= 11 is 0. The van der Waals surface area contributed by atoms with Crippen LogP contribution in [0.1, 0.15) is 13.8 Å². The number of nitrogens with zero attached hydrogens (tertiary/aromatic N) is 2. The van der Waals surface area contributed by atoms with Crippen molar-refractivity contribution in [2.75, 3.05) is 19.0 Å². The lowest BCUT2D eigenvalue weighted by molar-refractivity contribution is -0.387. The van der Waals surface area contributed by atoms with Gasteiger partial charge in [0.1, 0.15) is 0 Å². The fourth-order valence-corrected chi connectivity index (χ4v) is 3.22. The number of hydrogen-bond acceptors (Lipinski definition) is 6. The quantitative estimate of drug-likeness (QED) is 0.462. The predicted molar refractivity (Wildman–Crippen MR) is 75.6 cm³/mol. The third-order valence-electron chi connectivity index (χ3n) is 2.63. The van der Waals surface area contributed by atoms with Crippen LogP contribution in [0, 0.1) is 16.0 Å². The van der Waals surface area contributed by atoms with E-state index in [9.17, 15) is 18.5 Å². The van der Waals surface area contributed by atoms with Gasteiger partial charge in [-0.1, -0.05) is 13.8 Å². The summed E-state index contributed by atoms with van der Waals surface area (Å²) in [7, 11) is -2.51. The van der Waals surface area contributed by atoms with Gasteiger partial charge in [-0.25, -0.2) is 12.7 Å². The van der Waals surface area contributed by atoms with Crippen molar-refractivity contribution in [1.82, 2.24) is 4.31 Å². The van der Waals surface area contributed by atoms with Gasteiger partial charge in [-0.15, -0.1) is 0 Å². The highest BCUT2D eigenvalue weighted by molar-refractivity contribution is 7.89. The number of nitrogen functional groups attached to an aromatic ring is 1. The molecular formula is C11H18N4O4S. The Labute approximate surface area is 117 Å². The summed E-state index contributed by atoms with van der Waals surface area (Å²) in [5.74, 6) is 5.28. The first-order valence-electron chi connectivity index (χ1n) is 5.91. The van der Waals surface area contributed by atoms with E-state index in [1.807, 2.05) is 13.8 Å². The molecule has 3 N–H and O–H groups in total. The molecule has 20 heavy (non-hydrogen) atoms. The molecule has 1 aromatic carbocycles. The number of hydrogen-bond donors (Lipinski definition) is 2. The molecule has 0 radical (unpaired) electrons. The van der Waals surface area contributed by atoms with E-state index in [-0.39, 0.29) is 23.0 Å². The number of nitrogens with two attached hydrogens (primary N) is 1. The van der Waals surface area contributed by atoms with E-state index in [1.165, 1.54) is 19.2 Å². The average Bonchev–Trinajstić information content (AvgIpc) is 2.36. The van der Waals surface area contributed by atoms with Crippen molar-refractivity contribution in [2.24, 2.45) is 11.8 Å². The van der Waals surface area contributed by atoms with Crippen molar-refractivity contribution in [3.05, 3.63) is 28.3 Å². The van der Waals surface area contributed by atoms with Crippen LogP contribution in [0.3, 0.4) is 0 Å². The van der Waals surface area contributed by atoms with Crippen LogP contribution < -0.4 is 11.3 Å². The van der Waals surface area contributed by atoms with Crippen LogP contribution in [0.2, 0.25) is 0 Å². The number of nitro benzene ring substituents is 1. The van der Waals surface area contributed by atoms with E-state index in [0.29, 0.717) is 0 Å². The van der Waals surface area contributed by atoms with Gasteiger partial charge in [0.15, 0.2) is 4.90 Å². The predicted octanol–water partition coefficient (Wildman–Crippen LogP) is 1.16. The number of rotatable bonds is 6. The third kappa shape index (κ3) is 3.44. The number of nitrogens with one attached hydrogen (secondary N) is 1. The molecular weight excluding hydrogens is 284 g/mol. The minimum atomic E-state index is -3.91. The van der Waals surface area contributed by atoms with E-state index in [4.69, 9.17) is 5.84 Å². The van der Waals surface area contributed by atoms with Gasteiger partial charge < -0.3 is 5.43 Å². The molecule has 0 aliphatic heterocycles. The summed E-state index contributed by atoms with van der Waals surface area (Å²) in [6.45, 7) is 4.00. The number of anilines is 1. The van der Waals surface area contributed by atoms with Gasteiger partial charge in [0.2, 0.25) is 10.0 Å². The van der Waals surface area contributed by atoms with Crippen molar-refractivity contribution < 1.29 is 13.3 Å². The van der Waals surface area contributed by atoms with Gasteiger partial charge in [-0.3, -0.25) is 16.0 Å². The molecule has 0 aliphatic carbocycles. The highest BCUT2D eigenvalue weighted by Gasteiger charge is 2.30. The Balaban J connectivity index is 3.34. The summed E-state index contributed by atoms with van der Waals surface area (Å²) in [6, 6.07) is 3.65. The third-order valence-corrected chi connectivity index (χ3v) is 4.50. The highest BCUT2D eigenvalue weighted by atomic mass is 32.2. The molecule has 0 bridgehead atoms. The maximum absolute atomic E-state index is 12.4. The molecule has 0 fully saturated rings. The molecule has 112 valence electrons. The Hall–Kier alpha value is -1.71. The Morgan fingerprint density at radius 3 is 2.50 bits per heavy atom. The molecule has 9 heteroatoms. The van der Waals surface area contributed by atoms with E-state index in [1.54, 1.807) is 0 Å². The first-order chi connectivity index (χ1) is 9.20. The Kier molecular flexibility index (Phi) is 5.03. The molecule has 1 rings (SSSR count). The summed E-state index contributed by atoms with van der Waals surface area (Å²) in [5.41, 5.74) is 2.01. The Bertz CT molecular complexity index is 600. The smallest absolute Gasteiger partial charge is 0.291 e. The van der Waals surface area contributed by atoms with Crippen LogP contribution >= 0.6 is 0 Å². The summed E-state index contributed by atoms with van der Waals surface area (Å²) in [6.07, 6.45) is 0. The molecule has 0 heterocycles. The molecule has 0 aliphatic rings. The first-order valence-corrected chi connectivity index (χ1v) is 7.35. The van der Waals surface area contributed by atoms with E-state index in [0.717, 1.165) is 10.4 Å². The highest BCUT2D eigenvalue weighted by Crippen LogP contribution is 2.29. The number of benzene rings is 1. The number of sulfonamides is 1. The maximum atomic E-state index is 12.4. The monoisotopic (exact) mass is 302 g/mol. The molecule has 0 amide bonds. The summed E-state index contributed by atoms with van der Waals surface area (Å²) in [5, 5.41) is 11.0. The summed E-state index contributed by atoms with van der Waals surface area (Å²) in [4.78, 5) is 9.95. The zero-order valence-corrected chi connectivity index (χ0v) is 12.3. The Morgan fingerprint density at radius 1 is 1.45 bits per heavy atom. The van der Waals surface area contributed by atoms with Crippen LogP contribution in [-0.2, 0) is 10.0 Å². The Morgan fingerprint density at radius 2 is 2.05 bits per heavy atom. The second-order valence-corrected chi connectivity index (χ2v) is 6.78. The van der Waals surface area contributed by atoms with Gasteiger partial charge in [-0.05, 0) is 18.1 Å². The lowest BCUT2D eigenvalue weighted by atomic mass is 10.2. The zero-order chi connectivity index (χ0) is 15.5. The van der Waals surface area contributed by atoms with Crippen LogP contribution in [0.15, 0.2) is 23.1 Å². The topological polar surface area (TPSA) is 119 Å². The molecule has 0 saturated heterocycles. The standard InChI is InChI=1S/C11H18N4O4S/c1-8(2)7-14(3)20(18,19)11-5-4-9(13-12)6-10(11)15(16)17/h4-6,8,13H,7,12H2,1-3H3. The second-order valence-electron chi connectivity index (χ2n) is 4.76. The van der Waals surface area contributed by atoms with Gasteiger partial charge in [0.05, 0.1) is 10.6 Å². The van der Waals surface area contributed by atoms with Crippen molar-refractivity contribution in [1.29, 1.82) is 0 Å². The van der Waals surface area contributed by atoms with Crippen molar-refractivity contribution in [2.45, 2.75) is 18.7 Å². The van der Waals surface area contributed by atoms with Gasteiger partial charge in [0.25, 0.3) is 5.69 Å². The lowest BCUT2D eigenvalue weighted by Gasteiger charge is -2.19. The molecule has 0 atom stereocenters. The van der Waals surface area contributed by atoms with Crippen LogP contribution in [0.25, 0.3) is 0 Å².